The van der Waals surface area contributed by atoms with Crippen molar-refractivity contribution in [2.45, 2.75) is 20.3 Å². The van der Waals surface area contributed by atoms with Crippen molar-refractivity contribution in [1.29, 1.82) is 0 Å². The molecule has 0 atom stereocenters. The first-order valence-electron chi connectivity index (χ1n) is 7.64. The Hall–Kier alpha value is -2.12. The molecule has 0 saturated carbocycles. The first-order valence-corrected chi connectivity index (χ1v) is 7.64. The van der Waals surface area contributed by atoms with Gasteiger partial charge in [0.25, 0.3) is 5.91 Å². The number of hydrogen-bond acceptors (Lipinski definition) is 5. The Kier molecular flexibility index (Phi) is 9.42. The molecule has 1 rings (SSSR count). The molecule has 0 aliphatic heterocycles. The van der Waals surface area contributed by atoms with Crippen LogP contribution in [-0.4, -0.2) is 44.8 Å². The van der Waals surface area contributed by atoms with Gasteiger partial charge in [0.15, 0.2) is 0 Å². The van der Waals surface area contributed by atoms with E-state index in [9.17, 15) is 9.59 Å². The van der Waals surface area contributed by atoms with Crippen molar-refractivity contribution in [2.24, 2.45) is 0 Å². The predicted molar refractivity (Wildman–Crippen MR) is 85.1 cm³/mol. The van der Waals surface area contributed by atoms with E-state index in [2.05, 4.69) is 10.9 Å². The van der Waals surface area contributed by atoms with Crippen molar-refractivity contribution in [2.75, 3.05) is 33.0 Å². The van der Waals surface area contributed by atoms with E-state index >= 15 is 0 Å². The third kappa shape index (κ3) is 8.18. The standard InChI is InChI=1S/C16H24N2O5/c1-3-21-10-9-15(19)17-18-16(20)13-5-7-14(8-6-13)23-12-11-22-4-2/h5-8H,3-4,9-12H2,1-2H3,(H,17,19)(H,18,20). The van der Waals surface area contributed by atoms with Gasteiger partial charge in [-0.05, 0) is 38.1 Å². The van der Waals surface area contributed by atoms with Gasteiger partial charge in [0.1, 0.15) is 12.4 Å². The zero-order valence-electron chi connectivity index (χ0n) is 13.6. The molecule has 0 unspecified atom stereocenters. The van der Waals surface area contributed by atoms with Gasteiger partial charge in [0, 0.05) is 18.8 Å². The van der Waals surface area contributed by atoms with Crippen molar-refractivity contribution in [3.63, 3.8) is 0 Å². The summed E-state index contributed by atoms with van der Waals surface area (Å²) < 4.78 is 15.7. The molecule has 1 aromatic carbocycles. The monoisotopic (exact) mass is 324 g/mol. The van der Waals surface area contributed by atoms with Crippen molar-refractivity contribution in [3.05, 3.63) is 29.8 Å². The van der Waals surface area contributed by atoms with Crippen molar-refractivity contribution in [3.8, 4) is 5.75 Å². The lowest BCUT2D eigenvalue weighted by Crippen LogP contribution is -2.41. The van der Waals surface area contributed by atoms with E-state index in [4.69, 9.17) is 14.2 Å². The number of ether oxygens (including phenoxy) is 3. The summed E-state index contributed by atoms with van der Waals surface area (Å²) in [6.07, 6.45) is 0.195. The molecule has 0 fully saturated rings. The summed E-state index contributed by atoms with van der Waals surface area (Å²) >= 11 is 0. The number of carbonyl (C=O) groups is 2. The zero-order valence-corrected chi connectivity index (χ0v) is 13.6. The van der Waals surface area contributed by atoms with Gasteiger partial charge in [-0.3, -0.25) is 20.4 Å². The molecule has 2 amide bonds. The van der Waals surface area contributed by atoms with E-state index < -0.39 is 5.91 Å². The summed E-state index contributed by atoms with van der Waals surface area (Å²) in [7, 11) is 0. The summed E-state index contributed by atoms with van der Waals surface area (Å²) in [6.45, 7) is 6.28. The van der Waals surface area contributed by atoms with Crippen LogP contribution in [0.25, 0.3) is 0 Å². The first kappa shape index (κ1) is 18.9. The maximum Gasteiger partial charge on any atom is 0.269 e. The van der Waals surface area contributed by atoms with Crippen LogP contribution in [0.5, 0.6) is 5.75 Å². The molecule has 0 heterocycles. The number of carbonyl (C=O) groups excluding carboxylic acids is 2. The van der Waals surface area contributed by atoms with Crippen LogP contribution in [0.15, 0.2) is 24.3 Å². The molecule has 0 aromatic heterocycles. The lowest BCUT2D eigenvalue weighted by molar-refractivity contribution is -0.122. The SMILES string of the molecule is CCOCCOc1ccc(C(=O)NNC(=O)CCOCC)cc1. The fourth-order valence-electron chi connectivity index (χ4n) is 1.64. The summed E-state index contributed by atoms with van der Waals surface area (Å²) in [4.78, 5) is 23.3. The molecule has 0 spiro atoms. The Morgan fingerprint density at radius 2 is 1.57 bits per heavy atom. The number of hydrazine groups is 1. The average molecular weight is 324 g/mol. The predicted octanol–water partition coefficient (Wildman–Crippen LogP) is 1.29. The van der Waals surface area contributed by atoms with E-state index in [1.54, 1.807) is 24.3 Å². The molecular weight excluding hydrogens is 300 g/mol. The number of hydrogen-bond donors (Lipinski definition) is 2. The average Bonchev–Trinajstić information content (AvgIpc) is 2.57. The molecule has 2 N–H and O–H groups in total. The Balaban J connectivity index is 2.31. The first-order chi connectivity index (χ1) is 11.2. The number of rotatable bonds is 10. The molecule has 7 heteroatoms. The van der Waals surface area contributed by atoms with Gasteiger partial charge in [0.2, 0.25) is 5.91 Å². The third-order valence-electron chi connectivity index (χ3n) is 2.81. The maximum atomic E-state index is 11.9. The van der Waals surface area contributed by atoms with E-state index in [0.29, 0.717) is 44.3 Å². The highest BCUT2D eigenvalue weighted by Crippen LogP contribution is 2.11. The normalized spacial score (nSPS) is 10.2. The van der Waals surface area contributed by atoms with Crippen LogP contribution < -0.4 is 15.6 Å². The fourth-order valence-corrected chi connectivity index (χ4v) is 1.64. The Morgan fingerprint density at radius 3 is 2.22 bits per heavy atom. The Bertz CT molecular complexity index is 476. The highest BCUT2D eigenvalue weighted by Gasteiger charge is 2.07. The quantitative estimate of drug-likeness (QED) is 0.500. The van der Waals surface area contributed by atoms with Crippen molar-refractivity contribution in [1.82, 2.24) is 10.9 Å². The number of nitrogens with one attached hydrogen (secondary N) is 2. The minimum Gasteiger partial charge on any atom is -0.491 e. The minimum absolute atomic E-state index is 0.195. The molecule has 7 nitrogen and oxygen atoms in total. The number of benzene rings is 1. The molecule has 1 aromatic rings. The molecule has 0 radical (unpaired) electrons. The van der Waals surface area contributed by atoms with Crippen molar-refractivity contribution >= 4 is 11.8 Å². The second-order valence-corrected chi connectivity index (χ2v) is 4.52. The smallest absolute Gasteiger partial charge is 0.269 e. The minimum atomic E-state index is -0.393. The summed E-state index contributed by atoms with van der Waals surface area (Å²) in [5, 5.41) is 0. The molecule has 128 valence electrons. The van der Waals surface area contributed by atoms with Crippen LogP contribution in [0, 0.1) is 0 Å². The Morgan fingerprint density at radius 1 is 0.913 bits per heavy atom. The van der Waals surface area contributed by atoms with Gasteiger partial charge in [0.05, 0.1) is 19.6 Å². The van der Waals surface area contributed by atoms with Gasteiger partial charge in [-0.15, -0.1) is 0 Å². The maximum absolute atomic E-state index is 11.9. The van der Waals surface area contributed by atoms with Crippen LogP contribution in [0.2, 0.25) is 0 Å². The lowest BCUT2D eigenvalue weighted by atomic mass is 10.2. The van der Waals surface area contributed by atoms with E-state index in [1.165, 1.54) is 0 Å². The summed E-state index contributed by atoms with van der Waals surface area (Å²) in [5.41, 5.74) is 5.11. The number of amides is 2. The van der Waals surface area contributed by atoms with Crippen LogP contribution in [0.3, 0.4) is 0 Å². The molecule has 0 aliphatic carbocycles. The molecule has 23 heavy (non-hydrogen) atoms. The molecule has 0 bridgehead atoms. The van der Waals surface area contributed by atoms with E-state index in [1.807, 2.05) is 13.8 Å². The fraction of sp³-hybridized carbons (Fsp3) is 0.500. The van der Waals surface area contributed by atoms with Crippen LogP contribution >= 0.6 is 0 Å². The summed E-state index contributed by atoms with van der Waals surface area (Å²) in [5.74, 6) is -0.0414. The highest BCUT2D eigenvalue weighted by atomic mass is 16.5. The highest BCUT2D eigenvalue weighted by molar-refractivity contribution is 5.95. The van der Waals surface area contributed by atoms with Gasteiger partial charge in [-0.25, -0.2) is 0 Å². The Labute approximate surface area is 136 Å². The molecule has 0 aliphatic rings. The van der Waals surface area contributed by atoms with Crippen LogP contribution in [-0.2, 0) is 14.3 Å². The van der Waals surface area contributed by atoms with Gasteiger partial charge >= 0.3 is 0 Å². The van der Waals surface area contributed by atoms with Crippen LogP contribution in [0.1, 0.15) is 30.6 Å². The third-order valence-corrected chi connectivity index (χ3v) is 2.81. The zero-order chi connectivity index (χ0) is 16.9. The van der Waals surface area contributed by atoms with E-state index in [-0.39, 0.29) is 12.3 Å². The van der Waals surface area contributed by atoms with Gasteiger partial charge in [-0.2, -0.15) is 0 Å². The summed E-state index contributed by atoms with van der Waals surface area (Å²) in [6, 6.07) is 6.63. The van der Waals surface area contributed by atoms with E-state index in [0.717, 1.165) is 0 Å². The van der Waals surface area contributed by atoms with Crippen LogP contribution in [0.4, 0.5) is 0 Å². The van der Waals surface area contributed by atoms with Crippen molar-refractivity contribution < 1.29 is 23.8 Å². The molecule has 0 saturated heterocycles. The van der Waals surface area contributed by atoms with Gasteiger partial charge in [-0.1, -0.05) is 0 Å². The second kappa shape index (κ2) is 11.4. The largest absolute Gasteiger partial charge is 0.491 e. The lowest BCUT2D eigenvalue weighted by Gasteiger charge is -2.09. The second-order valence-electron chi connectivity index (χ2n) is 4.52. The molecular formula is C16H24N2O5. The topological polar surface area (TPSA) is 85.9 Å². The van der Waals surface area contributed by atoms with Gasteiger partial charge < -0.3 is 14.2 Å².